The topological polar surface area (TPSA) is 20.2 Å². The summed E-state index contributed by atoms with van der Waals surface area (Å²) in [6, 6.07) is 14.4. The zero-order valence-corrected chi connectivity index (χ0v) is 13.5. The minimum atomic E-state index is -0.459. The number of hydrogen-bond donors (Lipinski definition) is 1. The predicted octanol–water partition coefficient (Wildman–Crippen LogP) is 5.25. The van der Waals surface area contributed by atoms with Crippen LogP contribution < -0.4 is 0 Å². The Hall–Kier alpha value is -1.16. The molecular formula is C17H15BrOS. The Bertz CT molecular complexity index is 748. The third-order valence-electron chi connectivity index (χ3n) is 3.62. The molecule has 20 heavy (non-hydrogen) atoms. The van der Waals surface area contributed by atoms with Gasteiger partial charge in [0.15, 0.2) is 0 Å². The summed E-state index contributed by atoms with van der Waals surface area (Å²) < 4.78 is 2.29. The Morgan fingerprint density at radius 2 is 1.95 bits per heavy atom. The van der Waals surface area contributed by atoms with Crippen LogP contribution in [0.1, 0.15) is 22.8 Å². The van der Waals surface area contributed by atoms with Gasteiger partial charge < -0.3 is 5.11 Å². The zero-order valence-electron chi connectivity index (χ0n) is 11.1. The van der Waals surface area contributed by atoms with Crippen LogP contribution in [0.25, 0.3) is 10.1 Å². The number of thiophene rings is 1. The Morgan fingerprint density at radius 3 is 2.75 bits per heavy atom. The average Bonchev–Trinajstić information content (AvgIpc) is 2.87. The van der Waals surface area contributed by atoms with Crippen LogP contribution in [0.4, 0.5) is 0 Å². The highest BCUT2D eigenvalue weighted by Crippen LogP contribution is 2.36. The van der Waals surface area contributed by atoms with Gasteiger partial charge >= 0.3 is 0 Å². The van der Waals surface area contributed by atoms with Gasteiger partial charge in [-0.3, -0.25) is 0 Å². The lowest BCUT2D eigenvalue weighted by molar-refractivity contribution is 0.180. The number of benzene rings is 2. The van der Waals surface area contributed by atoms with E-state index in [1.807, 2.05) is 24.3 Å². The maximum absolute atomic E-state index is 10.6. The summed E-state index contributed by atoms with van der Waals surface area (Å²) in [6.45, 7) is 2.09. The first kappa shape index (κ1) is 13.8. The molecule has 1 unspecified atom stereocenters. The lowest BCUT2D eigenvalue weighted by atomic mass is 9.98. The van der Waals surface area contributed by atoms with E-state index in [9.17, 15) is 5.11 Å². The van der Waals surface area contributed by atoms with Gasteiger partial charge in [-0.25, -0.2) is 0 Å². The average molecular weight is 347 g/mol. The van der Waals surface area contributed by atoms with Crippen molar-refractivity contribution in [2.24, 2.45) is 0 Å². The van der Waals surface area contributed by atoms with Gasteiger partial charge in [-0.1, -0.05) is 36.4 Å². The van der Waals surface area contributed by atoms with Crippen molar-refractivity contribution in [2.45, 2.75) is 19.4 Å². The number of halogens is 1. The van der Waals surface area contributed by atoms with Gasteiger partial charge in [0.05, 0.1) is 6.10 Å². The predicted molar refractivity (Wildman–Crippen MR) is 89.4 cm³/mol. The van der Waals surface area contributed by atoms with Crippen LogP contribution in [0, 0.1) is 6.92 Å². The molecule has 1 atom stereocenters. The molecule has 0 spiro atoms. The second-order valence-corrected chi connectivity index (χ2v) is 6.69. The molecule has 1 nitrogen and oxygen atoms in total. The minimum Gasteiger partial charge on any atom is -0.388 e. The Morgan fingerprint density at radius 1 is 1.15 bits per heavy atom. The summed E-state index contributed by atoms with van der Waals surface area (Å²) in [6.07, 6.45) is 0.199. The van der Waals surface area contributed by atoms with Gasteiger partial charge in [0.25, 0.3) is 0 Å². The highest BCUT2D eigenvalue weighted by Gasteiger charge is 2.15. The normalized spacial score (nSPS) is 12.8. The number of hydrogen-bond acceptors (Lipinski definition) is 2. The van der Waals surface area contributed by atoms with Crippen molar-refractivity contribution in [3.63, 3.8) is 0 Å². The monoisotopic (exact) mass is 346 g/mol. The zero-order chi connectivity index (χ0) is 14.1. The summed E-state index contributed by atoms with van der Waals surface area (Å²) in [4.78, 5) is 0. The number of aliphatic hydroxyl groups is 1. The van der Waals surface area contributed by atoms with Gasteiger partial charge in [-0.2, -0.15) is 0 Å². The third kappa shape index (κ3) is 2.53. The van der Waals surface area contributed by atoms with Crippen molar-refractivity contribution in [1.29, 1.82) is 0 Å². The molecule has 0 amide bonds. The van der Waals surface area contributed by atoms with Gasteiger partial charge in [-0.15, -0.1) is 11.3 Å². The Balaban J connectivity index is 1.95. The molecule has 0 aliphatic carbocycles. The van der Waals surface area contributed by atoms with Crippen LogP contribution in [0.3, 0.4) is 0 Å². The van der Waals surface area contributed by atoms with Gasteiger partial charge in [0, 0.05) is 15.6 Å². The second-order valence-electron chi connectivity index (χ2n) is 4.95. The van der Waals surface area contributed by atoms with Crippen molar-refractivity contribution in [3.8, 4) is 0 Å². The molecule has 3 aromatic rings. The maximum atomic E-state index is 10.6. The van der Waals surface area contributed by atoms with Crippen molar-refractivity contribution < 1.29 is 5.11 Å². The quantitative estimate of drug-likeness (QED) is 0.686. The van der Waals surface area contributed by atoms with Crippen LogP contribution in [0.5, 0.6) is 0 Å². The molecule has 1 N–H and O–H groups in total. The molecule has 0 bridgehead atoms. The standard InChI is InChI=1S/C17H15BrOS/c1-11-5-2-3-6-12(11)9-16(19)14-10-20-17-13(14)7-4-8-15(17)18/h2-8,10,16,19H,9H2,1H3. The highest BCUT2D eigenvalue weighted by atomic mass is 79.9. The number of rotatable bonds is 3. The fraction of sp³-hybridized carbons (Fsp3) is 0.176. The number of aliphatic hydroxyl groups excluding tert-OH is 1. The van der Waals surface area contributed by atoms with E-state index in [-0.39, 0.29) is 0 Å². The van der Waals surface area contributed by atoms with E-state index in [4.69, 9.17) is 0 Å². The van der Waals surface area contributed by atoms with E-state index in [2.05, 4.69) is 46.4 Å². The molecule has 1 aromatic heterocycles. The fourth-order valence-electron chi connectivity index (χ4n) is 2.46. The van der Waals surface area contributed by atoms with Crippen molar-refractivity contribution in [2.75, 3.05) is 0 Å². The first-order valence-electron chi connectivity index (χ1n) is 6.55. The Kier molecular flexibility index (Phi) is 3.92. The van der Waals surface area contributed by atoms with E-state index in [1.165, 1.54) is 15.8 Å². The fourth-order valence-corrected chi connectivity index (χ4v) is 4.13. The largest absolute Gasteiger partial charge is 0.388 e. The highest BCUT2D eigenvalue weighted by molar-refractivity contribution is 9.10. The van der Waals surface area contributed by atoms with Crippen LogP contribution in [-0.2, 0) is 6.42 Å². The Labute approximate surface area is 131 Å². The molecule has 1 heterocycles. The number of fused-ring (bicyclic) bond motifs is 1. The molecule has 0 aliphatic rings. The van der Waals surface area contributed by atoms with E-state index in [1.54, 1.807) is 11.3 Å². The summed E-state index contributed by atoms with van der Waals surface area (Å²) >= 11 is 5.24. The van der Waals surface area contributed by atoms with Crippen LogP contribution >= 0.6 is 27.3 Å². The van der Waals surface area contributed by atoms with Gasteiger partial charge in [0.2, 0.25) is 0 Å². The number of aryl methyl sites for hydroxylation is 1. The molecule has 0 saturated heterocycles. The van der Waals surface area contributed by atoms with E-state index < -0.39 is 6.10 Å². The van der Waals surface area contributed by atoms with Crippen LogP contribution in [0.2, 0.25) is 0 Å². The summed E-state index contributed by atoms with van der Waals surface area (Å²) in [5, 5.41) is 13.8. The lowest BCUT2D eigenvalue weighted by Gasteiger charge is -2.12. The van der Waals surface area contributed by atoms with Gasteiger partial charge in [0.1, 0.15) is 0 Å². The summed E-state index contributed by atoms with van der Waals surface area (Å²) in [5.74, 6) is 0. The van der Waals surface area contributed by atoms with Gasteiger partial charge in [-0.05, 0) is 56.4 Å². The molecule has 3 heteroatoms. The van der Waals surface area contributed by atoms with E-state index in [0.717, 1.165) is 15.4 Å². The molecule has 0 fully saturated rings. The summed E-state index contributed by atoms with van der Waals surface area (Å²) in [5.41, 5.74) is 3.45. The molecule has 0 radical (unpaired) electrons. The van der Waals surface area contributed by atoms with Crippen molar-refractivity contribution in [3.05, 3.63) is 69.0 Å². The van der Waals surface area contributed by atoms with Crippen LogP contribution in [0.15, 0.2) is 52.3 Å². The summed E-state index contributed by atoms with van der Waals surface area (Å²) in [7, 11) is 0. The smallest absolute Gasteiger partial charge is 0.0844 e. The maximum Gasteiger partial charge on any atom is 0.0844 e. The molecule has 102 valence electrons. The molecular weight excluding hydrogens is 332 g/mol. The first-order chi connectivity index (χ1) is 9.66. The molecule has 2 aromatic carbocycles. The molecule has 0 saturated carbocycles. The minimum absolute atomic E-state index is 0.459. The second kappa shape index (κ2) is 5.68. The SMILES string of the molecule is Cc1ccccc1CC(O)c1csc2c(Br)cccc12. The first-order valence-corrected chi connectivity index (χ1v) is 8.22. The van der Waals surface area contributed by atoms with E-state index >= 15 is 0 Å². The van der Waals surface area contributed by atoms with E-state index in [0.29, 0.717) is 6.42 Å². The third-order valence-corrected chi connectivity index (χ3v) is 5.59. The van der Waals surface area contributed by atoms with Crippen molar-refractivity contribution in [1.82, 2.24) is 0 Å². The van der Waals surface area contributed by atoms with Crippen molar-refractivity contribution >= 4 is 37.4 Å². The van der Waals surface area contributed by atoms with Crippen LogP contribution in [-0.4, -0.2) is 5.11 Å². The molecule has 3 rings (SSSR count). The lowest BCUT2D eigenvalue weighted by Crippen LogP contribution is -2.02. The molecule has 0 aliphatic heterocycles.